The molecule has 3 N–H and O–H groups in total. The third kappa shape index (κ3) is 3.42. The Morgan fingerprint density at radius 2 is 2.31 bits per heavy atom. The van der Waals surface area contributed by atoms with Crippen molar-refractivity contribution < 1.29 is 14.7 Å². The molecule has 0 aliphatic heterocycles. The molecule has 1 heterocycles. The Kier molecular flexibility index (Phi) is 4.57. The number of rotatable bonds is 6. The van der Waals surface area contributed by atoms with Crippen LogP contribution in [0.2, 0.25) is 0 Å². The number of aromatic nitrogens is 1. The normalized spacial score (nSPS) is 12.1. The molecule has 1 rings (SSSR count). The van der Waals surface area contributed by atoms with E-state index in [4.69, 9.17) is 5.11 Å². The van der Waals surface area contributed by atoms with E-state index in [9.17, 15) is 9.59 Å². The van der Waals surface area contributed by atoms with Gasteiger partial charge in [0.05, 0.1) is 5.92 Å². The van der Waals surface area contributed by atoms with E-state index in [0.29, 0.717) is 12.1 Å². The number of hydrogen-bond acceptors (Lipinski definition) is 2. The zero-order valence-electron chi connectivity index (χ0n) is 9.19. The van der Waals surface area contributed by atoms with E-state index < -0.39 is 11.9 Å². The van der Waals surface area contributed by atoms with E-state index in [0.717, 1.165) is 6.42 Å². The minimum absolute atomic E-state index is 0.168. The Balaban J connectivity index is 2.43. The van der Waals surface area contributed by atoms with Gasteiger partial charge in [-0.3, -0.25) is 9.59 Å². The molecule has 0 radical (unpaired) electrons. The van der Waals surface area contributed by atoms with Crippen LogP contribution in [0, 0.1) is 5.92 Å². The van der Waals surface area contributed by atoms with Gasteiger partial charge in [0, 0.05) is 12.7 Å². The van der Waals surface area contributed by atoms with Gasteiger partial charge in [0.1, 0.15) is 5.69 Å². The van der Waals surface area contributed by atoms with Crippen molar-refractivity contribution >= 4 is 11.9 Å². The number of carbonyl (C=O) groups is 2. The molecule has 1 aromatic heterocycles. The predicted molar refractivity (Wildman–Crippen MR) is 59.2 cm³/mol. The molecule has 1 amide bonds. The number of carbonyl (C=O) groups excluding carboxylic acids is 1. The van der Waals surface area contributed by atoms with Crippen molar-refractivity contribution in [1.29, 1.82) is 0 Å². The predicted octanol–water partition coefficient (Wildman–Crippen LogP) is 1.25. The second kappa shape index (κ2) is 5.95. The highest BCUT2D eigenvalue weighted by atomic mass is 16.4. The number of amides is 1. The molecule has 1 atom stereocenters. The second-order valence-electron chi connectivity index (χ2n) is 3.62. The summed E-state index contributed by atoms with van der Waals surface area (Å²) in [6.07, 6.45) is 3.01. The van der Waals surface area contributed by atoms with Crippen molar-refractivity contribution in [1.82, 2.24) is 10.3 Å². The lowest BCUT2D eigenvalue weighted by Gasteiger charge is -2.11. The molecular weight excluding hydrogens is 208 g/mol. The largest absolute Gasteiger partial charge is 0.481 e. The summed E-state index contributed by atoms with van der Waals surface area (Å²) in [6, 6.07) is 3.36. The molecular formula is C11H16N2O3. The topological polar surface area (TPSA) is 82.2 Å². The van der Waals surface area contributed by atoms with E-state index in [2.05, 4.69) is 10.3 Å². The average molecular weight is 224 g/mol. The van der Waals surface area contributed by atoms with Gasteiger partial charge in [0.15, 0.2) is 0 Å². The highest BCUT2D eigenvalue weighted by Gasteiger charge is 2.17. The SMILES string of the molecule is CCCC(CNC(=O)c1ccc[nH]1)C(=O)O. The summed E-state index contributed by atoms with van der Waals surface area (Å²) in [6.45, 7) is 2.09. The summed E-state index contributed by atoms with van der Waals surface area (Å²) < 4.78 is 0. The minimum atomic E-state index is -0.867. The van der Waals surface area contributed by atoms with Crippen LogP contribution in [0.15, 0.2) is 18.3 Å². The molecule has 0 aliphatic carbocycles. The first kappa shape index (κ1) is 12.3. The molecule has 0 spiro atoms. The third-order valence-corrected chi connectivity index (χ3v) is 2.34. The van der Waals surface area contributed by atoms with E-state index in [1.807, 2.05) is 6.92 Å². The maximum atomic E-state index is 11.5. The molecule has 0 saturated heterocycles. The zero-order valence-corrected chi connectivity index (χ0v) is 9.19. The van der Waals surface area contributed by atoms with Crippen molar-refractivity contribution in [3.05, 3.63) is 24.0 Å². The summed E-state index contributed by atoms with van der Waals surface area (Å²) in [4.78, 5) is 25.1. The number of nitrogens with one attached hydrogen (secondary N) is 2. The van der Waals surface area contributed by atoms with Gasteiger partial charge in [0.25, 0.3) is 5.91 Å². The van der Waals surface area contributed by atoms with Crippen LogP contribution in [0.25, 0.3) is 0 Å². The summed E-state index contributed by atoms with van der Waals surface area (Å²) >= 11 is 0. The lowest BCUT2D eigenvalue weighted by Crippen LogP contribution is -2.33. The van der Waals surface area contributed by atoms with Gasteiger partial charge in [-0.15, -0.1) is 0 Å². The molecule has 0 saturated carbocycles. The van der Waals surface area contributed by atoms with Crippen LogP contribution < -0.4 is 5.32 Å². The fraction of sp³-hybridized carbons (Fsp3) is 0.455. The molecule has 1 unspecified atom stereocenters. The molecule has 5 heteroatoms. The number of aromatic amines is 1. The summed E-state index contributed by atoms with van der Waals surface area (Å²) in [5.74, 6) is -1.65. The Labute approximate surface area is 93.9 Å². The summed E-state index contributed by atoms with van der Waals surface area (Å²) in [7, 11) is 0. The van der Waals surface area contributed by atoms with Gasteiger partial charge >= 0.3 is 5.97 Å². The second-order valence-corrected chi connectivity index (χ2v) is 3.62. The average Bonchev–Trinajstić information content (AvgIpc) is 2.76. The Bertz CT molecular complexity index is 346. The van der Waals surface area contributed by atoms with Gasteiger partial charge in [-0.1, -0.05) is 13.3 Å². The molecule has 0 aromatic carbocycles. The molecule has 0 fully saturated rings. The molecule has 16 heavy (non-hydrogen) atoms. The first-order chi connectivity index (χ1) is 7.65. The molecule has 88 valence electrons. The number of carboxylic acid groups (broad SMARTS) is 1. The van der Waals surface area contributed by atoms with E-state index in [1.165, 1.54) is 0 Å². The smallest absolute Gasteiger partial charge is 0.308 e. The first-order valence-corrected chi connectivity index (χ1v) is 5.29. The lowest BCUT2D eigenvalue weighted by molar-refractivity contribution is -0.141. The summed E-state index contributed by atoms with van der Waals surface area (Å²) in [5.41, 5.74) is 0.445. The minimum Gasteiger partial charge on any atom is -0.481 e. The van der Waals surface area contributed by atoms with Crippen LogP contribution in [-0.4, -0.2) is 28.5 Å². The zero-order chi connectivity index (χ0) is 12.0. The number of hydrogen-bond donors (Lipinski definition) is 3. The number of H-pyrrole nitrogens is 1. The van der Waals surface area contributed by atoms with Crippen molar-refractivity contribution in [3.63, 3.8) is 0 Å². The molecule has 1 aromatic rings. The van der Waals surface area contributed by atoms with Crippen LogP contribution >= 0.6 is 0 Å². The molecule has 0 aliphatic rings. The van der Waals surface area contributed by atoms with Crippen LogP contribution in [0.5, 0.6) is 0 Å². The van der Waals surface area contributed by atoms with E-state index in [-0.39, 0.29) is 12.5 Å². The maximum absolute atomic E-state index is 11.5. The van der Waals surface area contributed by atoms with Gasteiger partial charge in [0.2, 0.25) is 0 Å². The van der Waals surface area contributed by atoms with Gasteiger partial charge in [-0.05, 0) is 18.6 Å². The molecule has 0 bridgehead atoms. The Morgan fingerprint density at radius 1 is 1.56 bits per heavy atom. The van der Waals surface area contributed by atoms with Crippen LogP contribution in [0.4, 0.5) is 0 Å². The summed E-state index contributed by atoms with van der Waals surface area (Å²) in [5, 5.41) is 11.5. The van der Waals surface area contributed by atoms with E-state index >= 15 is 0 Å². The van der Waals surface area contributed by atoms with Crippen molar-refractivity contribution in [2.24, 2.45) is 5.92 Å². The van der Waals surface area contributed by atoms with Gasteiger partial charge < -0.3 is 15.4 Å². The first-order valence-electron chi connectivity index (χ1n) is 5.29. The van der Waals surface area contributed by atoms with Crippen molar-refractivity contribution in [2.45, 2.75) is 19.8 Å². The Hall–Kier alpha value is -1.78. The standard InChI is InChI=1S/C11H16N2O3/c1-2-4-8(11(15)16)7-13-10(14)9-5-3-6-12-9/h3,5-6,8,12H,2,4,7H2,1H3,(H,13,14)(H,15,16). The highest BCUT2D eigenvalue weighted by molar-refractivity contribution is 5.92. The van der Waals surface area contributed by atoms with Crippen molar-refractivity contribution in [3.8, 4) is 0 Å². The highest BCUT2D eigenvalue weighted by Crippen LogP contribution is 2.05. The quantitative estimate of drug-likeness (QED) is 0.680. The lowest BCUT2D eigenvalue weighted by atomic mass is 10.0. The Morgan fingerprint density at radius 3 is 2.81 bits per heavy atom. The number of aliphatic carboxylic acids is 1. The van der Waals surface area contributed by atoms with E-state index in [1.54, 1.807) is 18.3 Å². The van der Waals surface area contributed by atoms with Gasteiger partial charge in [-0.2, -0.15) is 0 Å². The maximum Gasteiger partial charge on any atom is 0.308 e. The van der Waals surface area contributed by atoms with Crippen molar-refractivity contribution in [2.75, 3.05) is 6.54 Å². The van der Waals surface area contributed by atoms with Crippen LogP contribution in [-0.2, 0) is 4.79 Å². The van der Waals surface area contributed by atoms with Crippen LogP contribution in [0.1, 0.15) is 30.3 Å². The number of carboxylic acids is 1. The monoisotopic (exact) mass is 224 g/mol. The fourth-order valence-electron chi connectivity index (χ4n) is 1.44. The molecule has 5 nitrogen and oxygen atoms in total. The fourth-order valence-corrected chi connectivity index (χ4v) is 1.44. The van der Waals surface area contributed by atoms with Gasteiger partial charge in [-0.25, -0.2) is 0 Å². The van der Waals surface area contributed by atoms with Crippen LogP contribution in [0.3, 0.4) is 0 Å². The third-order valence-electron chi connectivity index (χ3n) is 2.34.